The predicted molar refractivity (Wildman–Crippen MR) is 156 cm³/mol. The number of aliphatic carboxylic acids is 2. The Morgan fingerprint density at radius 3 is 2.10 bits per heavy atom. The fourth-order valence-corrected chi connectivity index (χ4v) is 5.60. The molecule has 0 spiro atoms. The first-order valence-electron chi connectivity index (χ1n) is 13.4. The molecule has 40 heavy (non-hydrogen) atoms. The summed E-state index contributed by atoms with van der Waals surface area (Å²) in [7, 11) is 0. The van der Waals surface area contributed by atoms with Gasteiger partial charge in [0.25, 0.3) is 0 Å². The normalized spacial score (nSPS) is 12.4. The monoisotopic (exact) mass is 538 g/mol. The SMILES string of the molecule is C=CC1=c2cc(C)c([nH]2)=Cc2[nH]c(c(CCC(=O)O)c2C)C=c2[nH]c(c(C)c2CCC(=O)O)=Cc2cc(C)c1[nH]2. The van der Waals surface area contributed by atoms with Crippen molar-refractivity contribution < 1.29 is 19.8 Å². The lowest BCUT2D eigenvalue weighted by Crippen LogP contribution is -2.14. The maximum Gasteiger partial charge on any atom is 0.303 e. The Morgan fingerprint density at radius 1 is 0.750 bits per heavy atom. The van der Waals surface area contributed by atoms with E-state index in [0.717, 1.165) is 83.1 Å². The van der Waals surface area contributed by atoms with Gasteiger partial charge >= 0.3 is 11.9 Å². The number of hydrogen-bond acceptors (Lipinski definition) is 2. The van der Waals surface area contributed by atoms with Gasteiger partial charge in [-0.2, -0.15) is 0 Å². The predicted octanol–water partition coefficient (Wildman–Crippen LogP) is 2.45. The molecule has 0 saturated heterocycles. The van der Waals surface area contributed by atoms with Crippen LogP contribution in [0.4, 0.5) is 0 Å². The lowest BCUT2D eigenvalue weighted by molar-refractivity contribution is -0.138. The largest absolute Gasteiger partial charge is 0.481 e. The number of aromatic nitrogens is 4. The molecule has 5 rings (SSSR count). The van der Waals surface area contributed by atoms with E-state index in [1.54, 1.807) is 0 Å². The van der Waals surface area contributed by atoms with Gasteiger partial charge in [0.1, 0.15) is 0 Å². The summed E-state index contributed by atoms with van der Waals surface area (Å²) in [6.07, 6.45) is 8.67. The van der Waals surface area contributed by atoms with Crippen LogP contribution < -0.4 is 21.4 Å². The second-order valence-corrected chi connectivity index (χ2v) is 10.5. The van der Waals surface area contributed by atoms with E-state index in [0.29, 0.717) is 12.8 Å². The number of aromatic amines is 4. The Balaban J connectivity index is 1.89. The summed E-state index contributed by atoms with van der Waals surface area (Å²) in [5.74, 6) is -1.72. The Hall–Kier alpha value is -4.72. The van der Waals surface area contributed by atoms with Crippen LogP contribution >= 0.6 is 0 Å². The van der Waals surface area contributed by atoms with Gasteiger partial charge in [-0.15, -0.1) is 0 Å². The summed E-state index contributed by atoms with van der Waals surface area (Å²) in [6, 6.07) is 4.20. The number of carboxylic acid groups (broad SMARTS) is 2. The van der Waals surface area contributed by atoms with Gasteiger partial charge in [0.2, 0.25) is 0 Å². The smallest absolute Gasteiger partial charge is 0.303 e. The highest BCUT2D eigenvalue weighted by atomic mass is 16.4. The van der Waals surface area contributed by atoms with Crippen molar-refractivity contribution in [3.63, 3.8) is 0 Å². The number of fused-ring (bicyclic) bond motifs is 8. The van der Waals surface area contributed by atoms with Crippen molar-refractivity contribution in [2.24, 2.45) is 0 Å². The standard InChI is InChI=1S/C32H34N4O4/c1-6-21-27-12-16(2)24(34-27)14-26-19(5)23(8-10-31(39)40)29(36-26)15-28-22(7-9-30(37)38)18(4)25(35-28)13-20-11-17(3)32(21)33-20/h6,11-15,33-36H,1,7-10H2,2-5H3,(H,37,38)(H,39,40). The summed E-state index contributed by atoms with van der Waals surface area (Å²) < 4.78 is 0. The number of H-pyrrole nitrogens is 4. The van der Waals surface area contributed by atoms with Crippen LogP contribution in [0, 0.1) is 27.7 Å². The van der Waals surface area contributed by atoms with Crippen molar-refractivity contribution in [3.8, 4) is 0 Å². The van der Waals surface area contributed by atoms with Crippen LogP contribution in [0.15, 0.2) is 24.8 Å². The van der Waals surface area contributed by atoms with E-state index in [-0.39, 0.29) is 12.8 Å². The van der Waals surface area contributed by atoms with Crippen LogP contribution in [-0.2, 0) is 22.4 Å². The molecule has 0 radical (unpaired) electrons. The van der Waals surface area contributed by atoms with Crippen LogP contribution in [-0.4, -0.2) is 42.1 Å². The molecule has 0 aliphatic carbocycles. The molecule has 0 atom stereocenters. The van der Waals surface area contributed by atoms with E-state index in [2.05, 4.69) is 58.6 Å². The number of allylic oxidation sites excluding steroid dienone is 1. The van der Waals surface area contributed by atoms with Gasteiger partial charge in [-0.25, -0.2) is 0 Å². The van der Waals surface area contributed by atoms with Crippen molar-refractivity contribution in [1.29, 1.82) is 0 Å². The van der Waals surface area contributed by atoms with E-state index in [1.165, 1.54) is 0 Å². The van der Waals surface area contributed by atoms with Gasteiger partial charge in [-0.1, -0.05) is 12.7 Å². The summed E-state index contributed by atoms with van der Waals surface area (Å²) in [4.78, 5) is 37.1. The first kappa shape index (κ1) is 26.9. The Morgan fingerprint density at radius 2 is 1.43 bits per heavy atom. The van der Waals surface area contributed by atoms with E-state index < -0.39 is 11.9 Å². The summed E-state index contributed by atoms with van der Waals surface area (Å²) >= 11 is 0. The highest BCUT2D eigenvalue weighted by molar-refractivity contribution is 5.74. The average Bonchev–Trinajstić information content (AvgIpc) is 3.59. The molecule has 1 aliphatic heterocycles. The molecule has 8 bridgehead atoms. The minimum absolute atomic E-state index is 0.00520. The minimum Gasteiger partial charge on any atom is -0.481 e. The molecule has 4 aromatic rings. The second kappa shape index (κ2) is 10.4. The zero-order valence-corrected chi connectivity index (χ0v) is 23.2. The molecule has 0 unspecified atom stereocenters. The second-order valence-electron chi connectivity index (χ2n) is 10.5. The minimum atomic E-state index is -0.858. The van der Waals surface area contributed by atoms with E-state index >= 15 is 0 Å². The zero-order chi connectivity index (χ0) is 28.7. The number of hydrogen-bond donors (Lipinski definition) is 6. The molecule has 1 aliphatic rings. The molecule has 0 aromatic carbocycles. The molecule has 8 nitrogen and oxygen atoms in total. The van der Waals surface area contributed by atoms with Gasteiger partial charge < -0.3 is 30.1 Å². The van der Waals surface area contributed by atoms with Crippen molar-refractivity contribution in [2.45, 2.75) is 53.4 Å². The lowest BCUT2D eigenvalue weighted by Gasteiger charge is -2.01. The Kier molecular flexibility index (Phi) is 7.02. The van der Waals surface area contributed by atoms with Gasteiger partial charge in [-0.05, 0) is 104 Å². The fourth-order valence-electron chi connectivity index (χ4n) is 5.60. The molecular formula is C32H34N4O4. The molecular weight excluding hydrogens is 504 g/mol. The maximum absolute atomic E-state index is 11.5. The third kappa shape index (κ3) is 5.00. The summed E-state index contributed by atoms with van der Waals surface area (Å²) in [6.45, 7) is 12.2. The number of aryl methyl sites for hydroxylation is 2. The number of carboxylic acids is 2. The molecule has 0 fully saturated rings. The Bertz CT molecular complexity index is 1920. The Labute approximate surface area is 231 Å². The molecule has 6 N–H and O–H groups in total. The molecule has 0 amide bonds. The highest BCUT2D eigenvalue weighted by Crippen LogP contribution is 2.23. The van der Waals surface area contributed by atoms with Crippen LogP contribution in [0.1, 0.15) is 69.0 Å². The van der Waals surface area contributed by atoms with E-state index in [1.807, 2.05) is 32.1 Å². The van der Waals surface area contributed by atoms with Gasteiger partial charge in [-0.3, -0.25) is 9.59 Å². The third-order valence-electron chi connectivity index (χ3n) is 7.81. The highest BCUT2D eigenvalue weighted by Gasteiger charge is 2.16. The average molecular weight is 539 g/mol. The summed E-state index contributed by atoms with van der Waals surface area (Å²) in [5.41, 5.74) is 10.5. The molecule has 0 saturated carbocycles. The van der Waals surface area contributed by atoms with Crippen molar-refractivity contribution >= 4 is 35.7 Å². The molecule has 5 heterocycles. The fraction of sp³-hybridized carbons (Fsp3) is 0.250. The van der Waals surface area contributed by atoms with Crippen LogP contribution in [0.3, 0.4) is 0 Å². The van der Waals surface area contributed by atoms with E-state index in [9.17, 15) is 19.8 Å². The first-order valence-corrected chi connectivity index (χ1v) is 13.4. The van der Waals surface area contributed by atoms with Crippen LogP contribution in [0.5, 0.6) is 0 Å². The molecule has 206 valence electrons. The lowest BCUT2D eigenvalue weighted by atomic mass is 10.0. The van der Waals surface area contributed by atoms with Crippen LogP contribution in [0.2, 0.25) is 0 Å². The van der Waals surface area contributed by atoms with Crippen molar-refractivity contribution in [3.05, 3.63) is 102 Å². The third-order valence-corrected chi connectivity index (χ3v) is 7.81. The topological polar surface area (TPSA) is 138 Å². The summed E-state index contributed by atoms with van der Waals surface area (Å²) in [5, 5.41) is 22.4. The van der Waals surface area contributed by atoms with Gasteiger partial charge in [0.05, 0.1) is 5.69 Å². The first-order chi connectivity index (χ1) is 19.0. The van der Waals surface area contributed by atoms with Crippen molar-refractivity contribution in [1.82, 2.24) is 19.9 Å². The molecule has 8 heteroatoms. The van der Waals surface area contributed by atoms with Gasteiger partial charge in [0, 0.05) is 56.9 Å². The molecule has 4 aromatic heterocycles. The van der Waals surface area contributed by atoms with Gasteiger partial charge in [0.15, 0.2) is 0 Å². The quantitative estimate of drug-likeness (QED) is 0.215. The van der Waals surface area contributed by atoms with Crippen LogP contribution in [0.25, 0.3) is 23.8 Å². The zero-order valence-electron chi connectivity index (χ0n) is 23.2. The maximum atomic E-state index is 11.5. The van der Waals surface area contributed by atoms with Crippen molar-refractivity contribution in [2.75, 3.05) is 0 Å². The van der Waals surface area contributed by atoms with E-state index in [4.69, 9.17) is 0 Å². The number of carbonyl (C=O) groups is 2. The number of rotatable bonds is 7. The number of nitrogens with one attached hydrogen (secondary N) is 4.